The van der Waals surface area contributed by atoms with E-state index in [0.29, 0.717) is 0 Å². The first-order valence-corrected chi connectivity index (χ1v) is 13.0. The number of nitrogens with zero attached hydrogens (tertiary/aromatic N) is 2. The Balaban J connectivity index is 1.40. The van der Waals surface area contributed by atoms with E-state index in [1.54, 1.807) is 0 Å². The van der Waals surface area contributed by atoms with Crippen LogP contribution in [0.15, 0.2) is 146 Å². The van der Waals surface area contributed by atoms with E-state index in [-0.39, 0.29) is 0 Å². The van der Waals surface area contributed by atoms with E-state index < -0.39 is 0 Å². The SMILES string of the molecule is c1ccc(-n2ccc3ccc(-c4ccc5c6c7ccccc7ccc6n(-c6ccccc6)c5c4)cc32)cc1. The van der Waals surface area contributed by atoms with Crippen LogP contribution in [0.3, 0.4) is 0 Å². The Morgan fingerprint density at radius 3 is 1.87 bits per heavy atom. The van der Waals surface area contributed by atoms with Crippen molar-refractivity contribution < 1.29 is 0 Å². The Bertz CT molecular complexity index is 2110. The van der Waals surface area contributed by atoms with Gasteiger partial charge < -0.3 is 9.13 Å². The van der Waals surface area contributed by atoms with Crippen LogP contribution in [0, 0.1) is 0 Å². The Hall–Kier alpha value is -5.08. The largest absolute Gasteiger partial charge is 0.317 e. The second kappa shape index (κ2) is 8.22. The predicted octanol–water partition coefficient (Wildman–Crippen LogP) is 9.55. The molecule has 0 fully saturated rings. The molecule has 2 nitrogen and oxygen atoms in total. The fraction of sp³-hybridized carbons (Fsp3) is 0. The summed E-state index contributed by atoms with van der Waals surface area (Å²) >= 11 is 0. The van der Waals surface area contributed by atoms with Gasteiger partial charge in [-0.2, -0.15) is 0 Å². The Labute approximate surface area is 220 Å². The molecular weight excluding hydrogens is 460 g/mol. The van der Waals surface area contributed by atoms with Crippen LogP contribution in [0.2, 0.25) is 0 Å². The number of aromatic nitrogens is 2. The van der Waals surface area contributed by atoms with Gasteiger partial charge in [0, 0.05) is 28.3 Å². The average Bonchev–Trinajstić information content (AvgIpc) is 3.56. The molecule has 0 N–H and O–H groups in total. The third-order valence-corrected chi connectivity index (χ3v) is 7.73. The summed E-state index contributed by atoms with van der Waals surface area (Å²) in [6, 6.07) is 50.3. The van der Waals surface area contributed by atoms with Gasteiger partial charge in [0.25, 0.3) is 0 Å². The molecule has 0 radical (unpaired) electrons. The fourth-order valence-corrected chi connectivity index (χ4v) is 5.94. The lowest BCUT2D eigenvalue weighted by Gasteiger charge is -2.10. The van der Waals surface area contributed by atoms with E-state index in [2.05, 4.69) is 155 Å². The maximum atomic E-state index is 2.41. The first-order valence-electron chi connectivity index (χ1n) is 13.0. The third-order valence-electron chi connectivity index (χ3n) is 7.73. The highest BCUT2D eigenvalue weighted by Gasteiger charge is 2.16. The number of fused-ring (bicyclic) bond motifs is 6. The molecule has 0 saturated carbocycles. The van der Waals surface area contributed by atoms with E-state index in [0.717, 1.165) is 0 Å². The summed E-state index contributed by atoms with van der Waals surface area (Å²) in [5.41, 5.74) is 8.44. The standard InChI is InChI=1S/C36H24N2/c1-3-10-29(11-4-1)37-22-21-26-15-16-27(23-34(26)37)28-17-19-32-35(24-28)38(30-12-5-2-6-13-30)33-20-18-25-9-7-8-14-31(25)36(32)33/h1-24H. The minimum Gasteiger partial charge on any atom is -0.317 e. The van der Waals surface area contributed by atoms with Gasteiger partial charge >= 0.3 is 0 Å². The molecule has 0 bridgehead atoms. The molecule has 0 atom stereocenters. The molecule has 0 amide bonds. The van der Waals surface area contributed by atoms with Gasteiger partial charge in [-0.3, -0.25) is 0 Å². The van der Waals surface area contributed by atoms with Gasteiger partial charge in [-0.1, -0.05) is 91.0 Å². The molecule has 6 aromatic carbocycles. The van der Waals surface area contributed by atoms with Gasteiger partial charge in [0.15, 0.2) is 0 Å². The maximum Gasteiger partial charge on any atom is 0.0547 e. The molecule has 0 saturated heterocycles. The molecular formula is C36H24N2. The van der Waals surface area contributed by atoms with E-state index in [1.165, 1.54) is 66.0 Å². The topological polar surface area (TPSA) is 9.86 Å². The van der Waals surface area contributed by atoms with Crippen molar-refractivity contribution in [1.29, 1.82) is 0 Å². The minimum absolute atomic E-state index is 1.17. The quantitative estimate of drug-likeness (QED) is 0.236. The number of para-hydroxylation sites is 2. The van der Waals surface area contributed by atoms with Gasteiger partial charge in [-0.05, 0) is 75.8 Å². The van der Waals surface area contributed by atoms with E-state index >= 15 is 0 Å². The zero-order chi connectivity index (χ0) is 25.1. The van der Waals surface area contributed by atoms with Gasteiger partial charge in [0.05, 0.1) is 16.6 Å². The number of rotatable bonds is 3. The van der Waals surface area contributed by atoms with E-state index in [1.807, 2.05) is 0 Å². The molecule has 0 aliphatic carbocycles. The van der Waals surface area contributed by atoms with Crippen molar-refractivity contribution in [3.8, 4) is 22.5 Å². The highest BCUT2D eigenvalue weighted by molar-refractivity contribution is 6.21. The van der Waals surface area contributed by atoms with Crippen LogP contribution in [0.5, 0.6) is 0 Å². The average molecular weight is 485 g/mol. The van der Waals surface area contributed by atoms with Crippen LogP contribution in [0.1, 0.15) is 0 Å². The molecule has 8 aromatic rings. The Kier molecular flexibility index (Phi) is 4.55. The van der Waals surface area contributed by atoms with Crippen LogP contribution in [0.4, 0.5) is 0 Å². The summed E-state index contributed by atoms with van der Waals surface area (Å²) in [7, 11) is 0. The summed E-state index contributed by atoms with van der Waals surface area (Å²) in [6.45, 7) is 0. The summed E-state index contributed by atoms with van der Waals surface area (Å²) in [4.78, 5) is 0. The van der Waals surface area contributed by atoms with Crippen LogP contribution < -0.4 is 0 Å². The zero-order valence-electron chi connectivity index (χ0n) is 20.8. The van der Waals surface area contributed by atoms with Gasteiger partial charge in [0.2, 0.25) is 0 Å². The van der Waals surface area contributed by atoms with Crippen molar-refractivity contribution in [3.63, 3.8) is 0 Å². The normalized spacial score (nSPS) is 11.7. The lowest BCUT2D eigenvalue weighted by molar-refractivity contribution is 1.13. The second-order valence-corrected chi connectivity index (χ2v) is 9.88. The number of benzene rings is 6. The second-order valence-electron chi connectivity index (χ2n) is 9.88. The summed E-state index contributed by atoms with van der Waals surface area (Å²) in [5.74, 6) is 0. The Morgan fingerprint density at radius 1 is 0.395 bits per heavy atom. The van der Waals surface area contributed by atoms with Gasteiger partial charge in [-0.15, -0.1) is 0 Å². The summed E-state index contributed by atoms with van der Waals surface area (Å²) in [5, 5.41) is 6.38. The van der Waals surface area contributed by atoms with Crippen molar-refractivity contribution in [2.75, 3.05) is 0 Å². The highest BCUT2D eigenvalue weighted by Crippen LogP contribution is 2.39. The number of hydrogen-bond acceptors (Lipinski definition) is 0. The molecule has 0 unspecified atom stereocenters. The van der Waals surface area contributed by atoms with Crippen molar-refractivity contribution >= 4 is 43.5 Å². The maximum absolute atomic E-state index is 2.41. The Morgan fingerprint density at radius 2 is 1.05 bits per heavy atom. The van der Waals surface area contributed by atoms with Crippen LogP contribution in [-0.2, 0) is 0 Å². The molecule has 0 aliphatic heterocycles. The van der Waals surface area contributed by atoms with Crippen LogP contribution in [-0.4, -0.2) is 9.13 Å². The highest BCUT2D eigenvalue weighted by atomic mass is 15.0. The molecule has 0 aliphatic rings. The molecule has 2 heteroatoms. The van der Waals surface area contributed by atoms with E-state index in [4.69, 9.17) is 0 Å². The predicted molar refractivity (Wildman–Crippen MR) is 161 cm³/mol. The number of hydrogen-bond donors (Lipinski definition) is 0. The minimum atomic E-state index is 1.17. The monoisotopic (exact) mass is 484 g/mol. The molecule has 8 rings (SSSR count). The van der Waals surface area contributed by atoms with Crippen molar-refractivity contribution in [1.82, 2.24) is 9.13 Å². The molecule has 2 heterocycles. The first-order chi connectivity index (χ1) is 18.8. The molecule has 2 aromatic heterocycles. The first kappa shape index (κ1) is 21.0. The molecule has 38 heavy (non-hydrogen) atoms. The van der Waals surface area contributed by atoms with E-state index in [9.17, 15) is 0 Å². The molecule has 0 spiro atoms. The summed E-state index contributed by atoms with van der Waals surface area (Å²) < 4.78 is 4.68. The lowest BCUT2D eigenvalue weighted by Crippen LogP contribution is -1.93. The zero-order valence-corrected chi connectivity index (χ0v) is 20.8. The lowest BCUT2D eigenvalue weighted by atomic mass is 10.0. The van der Waals surface area contributed by atoms with Crippen molar-refractivity contribution in [2.45, 2.75) is 0 Å². The van der Waals surface area contributed by atoms with Gasteiger partial charge in [-0.25, -0.2) is 0 Å². The summed E-state index contributed by atoms with van der Waals surface area (Å²) in [6.07, 6.45) is 2.16. The van der Waals surface area contributed by atoms with Crippen LogP contribution in [0.25, 0.3) is 66.0 Å². The molecule has 178 valence electrons. The van der Waals surface area contributed by atoms with Crippen LogP contribution >= 0.6 is 0 Å². The van der Waals surface area contributed by atoms with Crippen molar-refractivity contribution in [2.24, 2.45) is 0 Å². The van der Waals surface area contributed by atoms with Crippen molar-refractivity contribution in [3.05, 3.63) is 146 Å². The third kappa shape index (κ3) is 3.14. The fourth-order valence-electron chi connectivity index (χ4n) is 5.94. The van der Waals surface area contributed by atoms with Gasteiger partial charge in [0.1, 0.15) is 0 Å². The smallest absolute Gasteiger partial charge is 0.0547 e.